The van der Waals surface area contributed by atoms with Gasteiger partial charge in [-0.2, -0.15) is 0 Å². The first-order valence-corrected chi connectivity index (χ1v) is 16.2. The van der Waals surface area contributed by atoms with Crippen molar-refractivity contribution in [3.05, 3.63) is 53.1 Å². The molecule has 2 aromatic rings. The minimum atomic E-state index is -3.38. The van der Waals surface area contributed by atoms with E-state index < -0.39 is 15.9 Å². The Morgan fingerprint density at radius 2 is 1.72 bits per heavy atom. The highest BCUT2D eigenvalue weighted by molar-refractivity contribution is 7.90. The van der Waals surface area contributed by atoms with E-state index in [1.165, 1.54) is 31.9 Å². The number of nitrogens with zero attached hydrogens (tertiary/aromatic N) is 2. The lowest BCUT2D eigenvalue weighted by molar-refractivity contribution is 0.0718. The van der Waals surface area contributed by atoms with E-state index in [1.54, 1.807) is 24.1 Å². The molecular weight excluding hydrogens is 514 g/mol. The molecule has 0 unspecified atom stereocenters. The number of fused-ring (bicyclic) bond motifs is 1. The molecule has 5 rings (SSSR count). The number of rotatable bonds is 9. The van der Waals surface area contributed by atoms with Crippen molar-refractivity contribution >= 4 is 21.4 Å². The lowest BCUT2D eigenvalue weighted by Gasteiger charge is -2.38. The van der Waals surface area contributed by atoms with Crippen LogP contribution in [0.2, 0.25) is 0 Å². The zero-order valence-corrected chi connectivity index (χ0v) is 24.1. The molecule has 1 amide bonds. The molecule has 0 saturated carbocycles. The zero-order chi connectivity index (χ0) is 27.6. The summed E-state index contributed by atoms with van der Waals surface area (Å²) < 4.78 is 36.1. The second kappa shape index (κ2) is 11.8. The Bertz CT molecular complexity index is 1280. The topological polar surface area (TPSA) is 88.2 Å². The SMILES string of the molecule is CCOc1cc([C@@H](CS(C)(=O)=O)N2Cc3cc(N4CCC(C5CCNCC5)CC4)ccc3C2=O)ccc1OC. The van der Waals surface area contributed by atoms with Gasteiger partial charge in [-0.1, -0.05) is 6.07 Å². The van der Waals surface area contributed by atoms with Crippen molar-refractivity contribution in [2.45, 2.75) is 45.2 Å². The van der Waals surface area contributed by atoms with E-state index >= 15 is 0 Å². The molecule has 9 heteroatoms. The van der Waals surface area contributed by atoms with Gasteiger partial charge in [0, 0.05) is 37.1 Å². The molecule has 212 valence electrons. The molecule has 3 heterocycles. The number of hydrogen-bond acceptors (Lipinski definition) is 7. The number of ether oxygens (including phenoxy) is 2. The Morgan fingerprint density at radius 3 is 2.38 bits per heavy atom. The summed E-state index contributed by atoms with van der Waals surface area (Å²) in [6, 6.07) is 10.9. The van der Waals surface area contributed by atoms with Gasteiger partial charge in [-0.05, 0) is 99.0 Å². The first-order chi connectivity index (χ1) is 18.8. The predicted octanol–water partition coefficient (Wildman–Crippen LogP) is 4.05. The van der Waals surface area contributed by atoms with Gasteiger partial charge in [0.25, 0.3) is 5.91 Å². The average molecular weight is 556 g/mol. The van der Waals surface area contributed by atoms with Crippen LogP contribution in [-0.2, 0) is 16.4 Å². The van der Waals surface area contributed by atoms with Crippen LogP contribution in [0, 0.1) is 11.8 Å². The van der Waals surface area contributed by atoms with Crippen LogP contribution in [0.15, 0.2) is 36.4 Å². The van der Waals surface area contributed by atoms with Crippen molar-refractivity contribution < 1.29 is 22.7 Å². The number of benzene rings is 2. The number of methoxy groups -OCH3 is 1. The molecule has 8 nitrogen and oxygen atoms in total. The Morgan fingerprint density at radius 1 is 1.00 bits per heavy atom. The lowest BCUT2D eigenvalue weighted by Crippen LogP contribution is -2.39. The summed E-state index contributed by atoms with van der Waals surface area (Å²) in [5, 5.41) is 3.48. The van der Waals surface area contributed by atoms with Crippen molar-refractivity contribution in [1.29, 1.82) is 0 Å². The molecule has 3 aliphatic heterocycles. The molecule has 39 heavy (non-hydrogen) atoms. The van der Waals surface area contributed by atoms with Gasteiger partial charge in [0.2, 0.25) is 0 Å². The molecule has 1 N–H and O–H groups in total. The lowest BCUT2D eigenvalue weighted by atomic mass is 9.79. The molecular formula is C30H41N3O5S. The van der Waals surface area contributed by atoms with Crippen molar-refractivity contribution in [3.8, 4) is 11.5 Å². The van der Waals surface area contributed by atoms with Crippen LogP contribution in [0.4, 0.5) is 5.69 Å². The molecule has 0 aliphatic carbocycles. The minimum Gasteiger partial charge on any atom is -0.493 e. The van der Waals surface area contributed by atoms with Gasteiger partial charge in [0.15, 0.2) is 11.5 Å². The van der Waals surface area contributed by atoms with E-state index in [0.29, 0.717) is 35.8 Å². The zero-order valence-electron chi connectivity index (χ0n) is 23.3. The van der Waals surface area contributed by atoms with Gasteiger partial charge in [-0.15, -0.1) is 0 Å². The number of sulfone groups is 1. The van der Waals surface area contributed by atoms with Gasteiger partial charge >= 0.3 is 0 Å². The largest absolute Gasteiger partial charge is 0.493 e. The first kappa shape index (κ1) is 27.8. The smallest absolute Gasteiger partial charge is 0.255 e. The van der Waals surface area contributed by atoms with Crippen molar-refractivity contribution in [1.82, 2.24) is 10.2 Å². The number of carbonyl (C=O) groups excluding carboxylic acids is 1. The molecule has 3 aliphatic rings. The Hall–Kier alpha value is -2.78. The van der Waals surface area contributed by atoms with Crippen molar-refractivity contribution in [3.63, 3.8) is 0 Å². The third-order valence-electron chi connectivity index (χ3n) is 8.59. The third kappa shape index (κ3) is 6.19. The summed E-state index contributed by atoms with van der Waals surface area (Å²) in [7, 11) is -1.81. The van der Waals surface area contributed by atoms with Gasteiger partial charge in [0.1, 0.15) is 9.84 Å². The summed E-state index contributed by atoms with van der Waals surface area (Å²) in [5.74, 6) is 2.45. The first-order valence-electron chi connectivity index (χ1n) is 14.2. The molecule has 0 aromatic heterocycles. The molecule has 0 radical (unpaired) electrons. The van der Waals surface area contributed by atoms with E-state index in [1.807, 2.05) is 19.1 Å². The van der Waals surface area contributed by atoms with Gasteiger partial charge in [-0.3, -0.25) is 4.79 Å². The van der Waals surface area contributed by atoms with Crippen LogP contribution in [0.3, 0.4) is 0 Å². The Balaban J connectivity index is 1.35. The third-order valence-corrected chi connectivity index (χ3v) is 9.51. The highest BCUT2D eigenvalue weighted by Gasteiger charge is 2.36. The monoisotopic (exact) mass is 555 g/mol. The highest BCUT2D eigenvalue weighted by atomic mass is 32.2. The second-order valence-corrected chi connectivity index (χ2v) is 13.3. The maximum atomic E-state index is 13.6. The number of piperidine rings is 2. The van der Waals surface area contributed by atoms with Crippen molar-refractivity contribution in [2.24, 2.45) is 11.8 Å². The predicted molar refractivity (Wildman–Crippen MR) is 153 cm³/mol. The van der Waals surface area contributed by atoms with Gasteiger partial charge in [-0.25, -0.2) is 8.42 Å². The standard InChI is InChI=1S/C30H41N3O5S/c1-4-38-29-18-23(5-8-28(29)37-2)27(20-39(3,35)36)33-19-24-17-25(6-7-26(24)30(33)34)32-15-11-22(12-16-32)21-9-13-31-14-10-21/h5-8,17-18,21-22,27,31H,4,9-16,19-20H2,1-3H3/t27-/m1/s1. The summed E-state index contributed by atoms with van der Waals surface area (Å²) in [4.78, 5) is 17.7. The number of nitrogens with one attached hydrogen (secondary N) is 1. The van der Waals surface area contributed by atoms with Gasteiger partial charge in [0.05, 0.1) is 25.5 Å². The van der Waals surface area contributed by atoms with Crippen LogP contribution in [0.5, 0.6) is 11.5 Å². The van der Waals surface area contributed by atoms with E-state index in [-0.39, 0.29) is 11.7 Å². The van der Waals surface area contributed by atoms with Crippen LogP contribution < -0.4 is 19.7 Å². The summed E-state index contributed by atoms with van der Waals surface area (Å²) in [6.45, 7) is 7.07. The molecule has 0 bridgehead atoms. The molecule has 0 spiro atoms. The quantitative estimate of drug-likeness (QED) is 0.499. The summed E-state index contributed by atoms with van der Waals surface area (Å²) >= 11 is 0. The van der Waals surface area contributed by atoms with Crippen LogP contribution in [0.1, 0.15) is 60.1 Å². The average Bonchev–Trinajstić information content (AvgIpc) is 3.27. The Labute approximate surface area is 232 Å². The molecule has 2 aromatic carbocycles. The fraction of sp³-hybridized carbons (Fsp3) is 0.567. The number of carbonyl (C=O) groups is 1. The van der Waals surface area contributed by atoms with E-state index in [4.69, 9.17) is 9.47 Å². The van der Waals surface area contributed by atoms with E-state index in [2.05, 4.69) is 22.3 Å². The highest BCUT2D eigenvalue weighted by Crippen LogP contribution is 2.38. The fourth-order valence-corrected chi connectivity index (χ4v) is 7.49. The number of anilines is 1. The second-order valence-electron chi connectivity index (χ2n) is 11.1. The van der Waals surface area contributed by atoms with Crippen LogP contribution in [-0.4, -0.2) is 71.1 Å². The normalized spacial score (nSPS) is 19.7. The minimum absolute atomic E-state index is 0.136. The van der Waals surface area contributed by atoms with Gasteiger partial charge < -0.3 is 24.6 Å². The maximum absolute atomic E-state index is 13.6. The van der Waals surface area contributed by atoms with Crippen LogP contribution in [0.25, 0.3) is 0 Å². The van der Waals surface area contributed by atoms with Crippen LogP contribution >= 0.6 is 0 Å². The van der Waals surface area contributed by atoms with E-state index in [9.17, 15) is 13.2 Å². The molecule has 1 atom stereocenters. The molecule has 2 saturated heterocycles. The summed E-state index contributed by atoms with van der Waals surface area (Å²) in [6.07, 6.45) is 6.21. The number of hydrogen-bond donors (Lipinski definition) is 1. The molecule has 2 fully saturated rings. The van der Waals surface area contributed by atoms with E-state index in [0.717, 1.165) is 49.3 Å². The Kier molecular flexibility index (Phi) is 8.38. The van der Waals surface area contributed by atoms with Crippen molar-refractivity contribution in [2.75, 3.05) is 56.8 Å². The maximum Gasteiger partial charge on any atom is 0.255 e. The fourth-order valence-electron chi connectivity index (χ4n) is 6.54. The number of amides is 1. The summed E-state index contributed by atoms with van der Waals surface area (Å²) in [5.41, 5.74) is 3.47.